The summed E-state index contributed by atoms with van der Waals surface area (Å²) in [5.74, 6) is -0.167. The molecule has 1 heterocycles. The van der Waals surface area contributed by atoms with E-state index in [1.54, 1.807) is 0 Å². The number of nitrogens with one attached hydrogen (secondary N) is 1. The highest BCUT2D eigenvalue weighted by molar-refractivity contribution is 5.16. The van der Waals surface area contributed by atoms with Gasteiger partial charge in [0.1, 0.15) is 5.82 Å². The van der Waals surface area contributed by atoms with E-state index in [0.29, 0.717) is 6.04 Å². The summed E-state index contributed by atoms with van der Waals surface area (Å²) in [4.78, 5) is 2.45. The van der Waals surface area contributed by atoms with Crippen molar-refractivity contribution in [2.45, 2.75) is 25.8 Å². The van der Waals surface area contributed by atoms with E-state index in [4.69, 9.17) is 4.74 Å². The average molecular weight is 280 g/mol. The molecule has 1 aliphatic rings. The van der Waals surface area contributed by atoms with Gasteiger partial charge < -0.3 is 10.1 Å². The topological polar surface area (TPSA) is 24.5 Å². The molecular weight excluding hydrogens is 255 g/mol. The zero-order valence-electron chi connectivity index (χ0n) is 12.3. The zero-order chi connectivity index (χ0) is 14.2. The second-order valence-electron chi connectivity index (χ2n) is 5.49. The quantitative estimate of drug-likeness (QED) is 0.774. The minimum atomic E-state index is -0.167. The Bertz CT molecular complexity index is 377. The second-order valence-corrected chi connectivity index (χ2v) is 5.49. The Morgan fingerprint density at radius 1 is 1.25 bits per heavy atom. The molecule has 0 radical (unpaired) electrons. The van der Waals surface area contributed by atoms with Crippen molar-refractivity contribution >= 4 is 0 Å². The first-order valence-corrected chi connectivity index (χ1v) is 7.52. The summed E-state index contributed by atoms with van der Waals surface area (Å²) < 4.78 is 18.2. The van der Waals surface area contributed by atoms with Gasteiger partial charge in [-0.15, -0.1) is 0 Å². The maximum atomic E-state index is 12.8. The van der Waals surface area contributed by atoms with E-state index < -0.39 is 0 Å². The number of benzene rings is 1. The molecule has 1 N–H and O–H groups in total. The Kier molecular flexibility index (Phi) is 6.43. The molecule has 1 atom stereocenters. The number of morpholine rings is 1. The Balaban J connectivity index is 1.57. The molecule has 0 spiro atoms. The fourth-order valence-corrected chi connectivity index (χ4v) is 2.52. The SMILES string of the molecule is C[C@@H](Cc1ccc(F)cc1)NCCCN1CCOCC1. The van der Waals surface area contributed by atoms with Crippen molar-refractivity contribution in [1.29, 1.82) is 0 Å². The van der Waals surface area contributed by atoms with Gasteiger partial charge in [0.05, 0.1) is 13.2 Å². The van der Waals surface area contributed by atoms with E-state index in [0.717, 1.165) is 52.2 Å². The molecule has 20 heavy (non-hydrogen) atoms. The minimum Gasteiger partial charge on any atom is -0.379 e. The van der Waals surface area contributed by atoms with E-state index >= 15 is 0 Å². The van der Waals surface area contributed by atoms with E-state index in [1.165, 1.54) is 17.7 Å². The van der Waals surface area contributed by atoms with Gasteiger partial charge in [0.25, 0.3) is 0 Å². The standard InChI is InChI=1S/C16H25FN2O/c1-14(13-15-3-5-16(17)6-4-15)18-7-2-8-19-9-11-20-12-10-19/h3-6,14,18H,2,7-13H2,1H3/t14-/m0/s1. The molecule has 1 aromatic rings. The number of hydrogen-bond donors (Lipinski definition) is 1. The van der Waals surface area contributed by atoms with Crippen molar-refractivity contribution in [3.8, 4) is 0 Å². The highest BCUT2D eigenvalue weighted by Gasteiger charge is 2.09. The van der Waals surface area contributed by atoms with E-state index in [2.05, 4.69) is 17.1 Å². The monoisotopic (exact) mass is 280 g/mol. The number of ether oxygens (including phenoxy) is 1. The van der Waals surface area contributed by atoms with Crippen LogP contribution in [0, 0.1) is 5.82 Å². The predicted octanol–water partition coefficient (Wildman–Crippen LogP) is 2.07. The number of rotatable bonds is 7. The summed E-state index contributed by atoms with van der Waals surface area (Å²) in [6, 6.07) is 7.20. The van der Waals surface area contributed by atoms with Gasteiger partial charge in [0.2, 0.25) is 0 Å². The van der Waals surface area contributed by atoms with Crippen molar-refractivity contribution < 1.29 is 9.13 Å². The zero-order valence-corrected chi connectivity index (χ0v) is 12.3. The van der Waals surface area contributed by atoms with Crippen LogP contribution in [0.2, 0.25) is 0 Å². The lowest BCUT2D eigenvalue weighted by Crippen LogP contribution is -2.38. The average Bonchev–Trinajstić information content (AvgIpc) is 2.47. The van der Waals surface area contributed by atoms with Crippen LogP contribution in [-0.4, -0.2) is 50.3 Å². The smallest absolute Gasteiger partial charge is 0.123 e. The Morgan fingerprint density at radius 3 is 2.65 bits per heavy atom. The number of halogens is 1. The first-order valence-electron chi connectivity index (χ1n) is 7.52. The molecule has 112 valence electrons. The first-order chi connectivity index (χ1) is 9.74. The van der Waals surface area contributed by atoms with Crippen LogP contribution in [0.25, 0.3) is 0 Å². The van der Waals surface area contributed by atoms with Crippen molar-refractivity contribution in [3.05, 3.63) is 35.6 Å². The minimum absolute atomic E-state index is 0.167. The normalized spacial score (nSPS) is 18.1. The van der Waals surface area contributed by atoms with Gasteiger partial charge in [-0.05, 0) is 50.6 Å². The van der Waals surface area contributed by atoms with Crippen LogP contribution in [0.4, 0.5) is 4.39 Å². The fourth-order valence-electron chi connectivity index (χ4n) is 2.52. The van der Waals surface area contributed by atoms with Crippen LogP contribution in [0.5, 0.6) is 0 Å². The molecule has 1 aromatic carbocycles. The fraction of sp³-hybridized carbons (Fsp3) is 0.625. The van der Waals surface area contributed by atoms with Gasteiger partial charge in [-0.1, -0.05) is 12.1 Å². The summed E-state index contributed by atoms with van der Waals surface area (Å²) in [5.41, 5.74) is 1.18. The van der Waals surface area contributed by atoms with E-state index in [-0.39, 0.29) is 5.82 Å². The van der Waals surface area contributed by atoms with Gasteiger partial charge in [-0.2, -0.15) is 0 Å². The summed E-state index contributed by atoms with van der Waals surface area (Å²) in [7, 11) is 0. The molecule has 4 heteroatoms. The Morgan fingerprint density at radius 2 is 1.95 bits per heavy atom. The summed E-state index contributed by atoms with van der Waals surface area (Å²) >= 11 is 0. The largest absolute Gasteiger partial charge is 0.379 e. The molecule has 3 nitrogen and oxygen atoms in total. The van der Waals surface area contributed by atoms with Crippen molar-refractivity contribution in [3.63, 3.8) is 0 Å². The third kappa shape index (κ3) is 5.57. The van der Waals surface area contributed by atoms with Crippen LogP contribution in [0.15, 0.2) is 24.3 Å². The number of hydrogen-bond acceptors (Lipinski definition) is 3. The maximum Gasteiger partial charge on any atom is 0.123 e. The molecular formula is C16H25FN2O. The molecule has 0 amide bonds. The predicted molar refractivity (Wildman–Crippen MR) is 79.4 cm³/mol. The van der Waals surface area contributed by atoms with Crippen molar-refractivity contribution in [2.75, 3.05) is 39.4 Å². The Hall–Kier alpha value is -0.970. The molecule has 0 aliphatic carbocycles. The highest BCUT2D eigenvalue weighted by atomic mass is 19.1. The van der Waals surface area contributed by atoms with Crippen LogP contribution in [0.1, 0.15) is 18.9 Å². The summed E-state index contributed by atoms with van der Waals surface area (Å²) in [6.07, 6.45) is 2.10. The van der Waals surface area contributed by atoms with Gasteiger partial charge in [0.15, 0.2) is 0 Å². The summed E-state index contributed by atoms with van der Waals surface area (Å²) in [6.45, 7) is 8.20. The molecule has 1 saturated heterocycles. The molecule has 1 aliphatic heterocycles. The van der Waals surface area contributed by atoms with Gasteiger partial charge in [-0.3, -0.25) is 4.90 Å². The summed E-state index contributed by atoms with van der Waals surface area (Å²) in [5, 5.41) is 3.53. The van der Waals surface area contributed by atoms with Gasteiger partial charge in [-0.25, -0.2) is 4.39 Å². The Labute approximate surface area is 121 Å². The second kappa shape index (κ2) is 8.35. The lowest BCUT2D eigenvalue weighted by molar-refractivity contribution is 0.0374. The van der Waals surface area contributed by atoms with Gasteiger partial charge in [0, 0.05) is 19.1 Å². The lowest BCUT2D eigenvalue weighted by Gasteiger charge is -2.26. The molecule has 0 bridgehead atoms. The van der Waals surface area contributed by atoms with E-state index in [9.17, 15) is 4.39 Å². The van der Waals surface area contributed by atoms with E-state index in [1.807, 2.05) is 12.1 Å². The van der Waals surface area contributed by atoms with Crippen LogP contribution >= 0.6 is 0 Å². The molecule has 0 aromatic heterocycles. The maximum absolute atomic E-state index is 12.8. The van der Waals surface area contributed by atoms with Crippen LogP contribution in [-0.2, 0) is 11.2 Å². The molecule has 0 unspecified atom stereocenters. The van der Waals surface area contributed by atoms with Crippen LogP contribution < -0.4 is 5.32 Å². The third-order valence-corrected chi connectivity index (χ3v) is 3.70. The molecule has 1 fully saturated rings. The third-order valence-electron chi connectivity index (χ3n) is 3.70. The van der Waals surface area contributed by atoms with Gasteiger partial charge >= 0.3 is 0 Å². The first kappa shape index (κ1) is 15.4. The molecule has 2 rings (SSSR count). The van der Waals surface area contributed by atoms with Crippen LogP contribution in [0.3, 0.4) is 0 Å². The van der Waals surface area contributed by atoms with Crippen molar-refractivity contribution in [1.82, 2.24) is 10.2 Å². The molecule has 0 saturated carbocycles. The lowest BCUT2D eigenvalue weighted by atomic mass is 10.1. The highest BCUT2D eigenvalue weighted by Crippen LogP contribution is 2.05. The van der Waals surface area contributed by atoms with Crippen molar-refractivity contribution in [2.24, 2.45) is 0 Å². The number of nitrogens with zero attached hydrogens (tertiary/aromatic N) is 1.